The Bertz CT molecular complexity index is 700. The summed E-state index contributed by atoms with van der Waals surface area (Å²) < 4.78 is 6.28. The van der Waals surface area contributed by atoms with Gasteiger partial charge in [0, 0.05) is 32.7 Å². The minimum atomic E-state index is 0.0783. The van der Waals surface area contributed by atoms with Gasteiger partial charge in [0.1, 0.15) is 0 Å². The average molecular weight is 393 g/mol. The van der Waals surface area contributed by atoms with Crippen molar-refractivity contribution in [2.45, 2.75) is 30.8 Å². The maximum Gasteiger partial charge on any atom is 0.295 e. The van der Waals surface area contributed by atoms with E-state index < -0.39 is 0 Å². The number of benzene rings is 1. The number of carbonyl (C=O) groups excluding carboxylic acids is 1. The van der Waals surface area contributed by atoms with Gasteiger partial charge in [-0.2, -0.15) is 0 Å². The second kappa shape index (κ2) is 9.34. The highest BCUT2D eigenvalue weighted by Crippen LogP contribution is 2.27. The summed E-state index contributed by atoms with van der Waals surface area (Å²) in [6, 6.07) is 10.5. The van der Waals surface area contributed by atoms with E-state index in [1.54, 1.807) is 0 Å². The Labute approximate surface area is 162 Å². The molecule has 140 valence electrons. The van der Waals surface area contributed by atoms with E-state index in [-0.39, 0.29) is 12.0 Å². The SMILES string of the molecule is CC(C)Oc1nnc(SCC(=O)N2CCN(Cc3ccccc3)CC2)s1. The summed E-state index contributed by atoms with van der Waals surface area (Å²) in [4.78, 5) is 16.8. The van der Waals surface area contributed by atoms with Gasteiger partial charge in [0.15, 0.2) is 4.34 Å². The van der Waals surface area contributed by atoms with Crippen molar-refractivity contribution in [3.05, 3.63) is 35.9 Å². The lowest BCUT2D eigenvalue weighted by Gasteiger charge is -2.34. The number of amides is 1. The van der Waals surface area contributed by atoms with Crippen molar-refractivity contribution in [3.8, 4) is 5.19 Å². The summed E-state index contributed by atoms with van der Waals surface area (Å²) >= 11 is 2.82. The molecule has 1 saturated heterocycles. The Balaban J connectivity index is 1.40. The molecule has 0 bridgehead atoms. The Morgan fingerprint density at radius 2 is 1.92 bits per heavy atom. The number of hydrogen-bond donors (Lipinski definition) is 0. The van der Waals surface area contributed by atoms with Crippen LogP contribution in [0.1, 0.15) is 19.4 Å². The number of hydrogen-bond acceptors (Lipinski definition) is 7. The molecule has 6 nitrogen and oxygen atoms in total. The number of ether oxygens (including phenoxy) is 1. The number of aromatic nitrogens is 2. The van der Waals surface area contributed by atoms with E-state index in [2.05, 4.69) is 39.4 Å². The van der Waals surface area contributed by atoms with Crippen molar-refractivity contribution in [1.29, 1.82) is 0 Å². The third-order valence-electron chi connectivity index (χ3n) is 4.02. The molecule has 1 aliphatic heterocycles. The van der Waals surface area contributed by atoms with Crippen molar-refractivity contribution in [3.63, 3.8) is 0 Å². The molecule has 2 aromatic rings. The molecular formula is C18H24N4O2S2. The lowest BCUT2D eigenvalue weighted by molar-refractivity contribution is -0.130. The highest BCUT2D eigenvalue weighted by molar-refractivity contribution is 8.01. The van der Waals surface area contributed by atoms with Gasteiger partial charge in [-0.3, -0.25) is 9.69 Å². The first-order valence-corrected chi connectivity index (χ1v) is 10.6. The number of nitrogens with zero attached hydrogens (tertiary/aromatic N) is 4. The summed E-state index contributed by atoms with van der Waals surface area (Å²) in [5.41, 5.74) is 1.32. The minimum absolute atomic E-state index is 0.0783. The van der Waals surface area contributed by atoms with Crippen LogP contribution in [0.3, 0.4) is 0 Å². The van der Waals surface area contributed by atoms with Crippen molar-refractivity contribution >= 4 is 29.0 Å². The van der Waals surface area contributed by atoms with Gasteiger partial charge in [-0.05, 0) is 30.7 Å². The fraction of sp³-hybridized carbons (Fsp3) is 0.500. The number of thioether (sulfide) groups is 1. The second-order valence-corrected chi connectivity index (χ2v) is 8.59. The maximum absolute atomic E-state index is 12.4. The topological polar surface area (TPSA) is 58.6 Å². The third-order valence-corrected chi connectivity index (χ3v) is 5.95. The molecule has 0 atom stereocenters. The zero-order chi connectivity index (χ0) is 18.4. The van der Waals surface area contributed by atoms with Gasteiger partial charge < -0.3 is 9.64 Å². The molecule has 1 fully saturated rings. The molecule has 1 aliphatic rings. The van der Waals surface area contributed by atoms with Crippen LogP contribution in [-0.4, -0.2) is 63.9 Å². The van der Waals surface area contributed by atoms with Gasteiger partial charge in [-0.1, -0.05) is 47.2 Å². The van der Waals surface area contributed by atoms with Crippen LogP contribution >= 0.6 is 23.1 Å². The quantitative estimate of drug-likeness (QED) is 0.676. The lowest BCUT2D eigenvalue weighted by Crippen LogP contribution is -2.48. The van der Waals surface area contributed by atoms with Gasteiger partial charge in [-0.15, -0.1) is 5.10 Å². The van der Waals surface area contributed by atoms with E-state index in [0.29, 0.717) is 10.9 Å². The Morgan fingerprint density at radius 3 is 2.62 bits per heavy atom. The monoisotopic (exact) mass is 392 g/mol. The first kappa shape index (κ1) is 19.1. The standard InChI is InChI=1S/C18H24N4O2S2/c1-14(2)24-17-19-20-18(26-17)25-13-16(23)22-10-8-21(9-11-22)12-15-6-4-3-5-7-15/h3-7,14H,8-13H2,1-2H3. The van der Waals surface area contributed by atoms with Crippen LogP contribution in [0.4, 0.5) is 0 Å². The summed E-state index contributed by atoms with van der Waals surface area (Å²) in [5.74, 6) is 0.561. The Hall–Kier alpha value is -1.64. The van der Waals surface area contributed by atoms with E-state index in [4.69, 9.17) is 4.74 Å². The molecule has 1 amide bonds. The molecule has 3 rings (SSSR count). The zero-order valence-electron chi connectivity index (χ0n) is 15.1. The number of rotatable bonds is 7. The average Bonchev–Trinajstić information content (AvgIpc) is 3.08. The van der Waals surface area contributed by atoms with E-state index in [9.17, 15) is 4.79 Å². The fourth-order valence-corrected chi connectivity index (χ4v) is 4.42. The van der Waals surface area contributed by atoms with Crippen LogP contribution in [0.15, 0.2) is 34.7 Å². The molecule has 0 unspecified atom stereocenters. The van der Waals surface area contributed by atoms with Gasteiger partial charge >= 0.3 is 0 Å². The molecule has 1 aromatic carbocycles. The molecule has 2 heterocycles. The largest absolute Gasteiger partial charge is 0.466 e. The van der Waals surface area contributed by atoms with Crippen molar-refractivity contribution in [2.24, 2.45) is 0 Å². The van der Waals surface area contributed by atoms with Crippen molar-refractivity contribution in [1.82, 2.24) is 20.0 Å². The molecular weight excluding hydrogens is 368 g/mol. The molecule has 1 aromatic heterocycles. The van der Waals surface area contributed by atoms with Crippen LogP contribution in [-0.2, 0) is 11.3 Å². The third kappa shape index (κ3) is 5.69. The predicted molar refractivity (Wildman–Crippen MR) is 105 cm³/mol. The van der Waals surface area contributed by atoms with Crippen LogP contribution in [0.2, 0.25) is 0 Å². The molecule has 0 saturated carbocycles. The van der Waals surface area contributed by atoms with E-state index in [1.807, 2.05) is 24.8 Å². The minimum Gasteiger partial charge on any atom is -0.466 e. The molecule has 0 aliphatic carbocycles. The normalized spacial score (nSPS) is 15.4. The van der Waals surface area contributed by atoms with E-state index >= 15 is 0 Å². The van der Waals surface area contributed by atoms with E-state index in [1.165, 1.54) is 28.7 Å². The second-order valence-electron chi connectivity index (χ2n) is 6.43. The molecule has 8 heteroatoms. The van der Waals surface area contributed by atoms with Gasteiger partial charge in [0.2, 0.25) is 5.91 Å². The van der Waals surface area contributed by atoms with Gasteiger partial charge in [-0.25, -0.2) is 0 Å². The summed E-state index contributed by atoms with van der Waals surface area (Å²) in [6.45, 7) is 8.24. The van der Waals surface area contributed by atoms with Crippen LogP contribution in [0, 0.1) is 0 Å². The Kier molecular flexibility index (Phi) is 6.87. The fourth-order valence-electron chi connectivity index (χ4n) is 2.72. The highest BCUT2D eigenvalue weighted by atomic mass is 32.2. The number of carbonyl (C=O) groups is 1. The van der Waals surface area contributed by atoms with E-state index in [0.717, 1.165) is 37.1 Å². The highest BCUT2D eigenvalue weighted by Gasteiger charge is 2.21. The summed E-state index contributed by atoms with van der Waals surface area (Å²) in [5, 5.41) is 8.62. The predicted octanol–water partition coefficient (Wildman–Crippen LogP) is 2.76. The summed E-state index contributed by atoms with van der Waals surface area (Å²) in [6.07, 6.45) is 0.0783. The molecule has 26 heavy (non-hydrogen) atoms. The van der Waals surface area contributed by atoms with Crippen LogP contribution < -0.4 is 4.74 Å². The lowest BCUT2D eigenvalue weighted by atomic mass is 10.2. The first-order chi connectivity index (χ1) is 12.6. The zero-order valence-corrected chi connectivity index (χ0v) is 16.8. The molecule has 0 spiro atoms. The molecule has 0 radical (unpaired) electrons. The van der Waals surface area contributed by atoms with Gasteiger partial charge in [0.05, 0.1) is 11.9 Å². The summed E-state index contributed by atoms with van der Waals surface area (Å²) in [7, 11) is 0. The van der Waals surface area contributed by atoms with Gasteiger partial charge in [0.25, 0.3) is 5.19 Å². The van der Waals surface area contributed by atoms with Crippen LogP contribution in [0.5, 0.6) is 5.19 Å². The smallest absolute Gasteiger partial charge is 0.295 e. The maximum atomic E-state index is 12.4. The Morgan fingerprint density at radius 1 is 1.19 bits per heavy atom. The molecule has 0 N–H and O–H groups in total. The van der Waals surface area contributed by atoms with Crippen LogP contribution in [0.25, 0.3) is 0 Å². The van der Waals surface area contributed by atoms with Crippen molar-refractivity contribution in [2.75, 3.05) is 31.9 Å². The number of piperazine rings is 1. The first-order valence-electron chi connectivity index (χ1n) is 8.77. The van der Waals surface area contributed by atoms with Crippen molar-refractivity contribution < 1.29 is 9.53 Å².